The third-order valence-corrected chi connectivity index (χ3v) is 10.7. The van der Waals surface area contributed by atoms with E-state index in [1.807, 2.05) is 0 Å². The highest BCUT2D eigenvalue weighted by Gasteiger charge is 2.17. The molecule has 0 atom stereocenters. The van der Waals surface area contributed by atoms with Crippen LogP contribution in [0.15, 0.2) is 167 Å². The molecule has 7 aromatic carbocycles. The third kappa shape index (κ3) is 10.3. The van der Waals surface area contributed by atoms with Gasteiger partial charge >= 0.3 is 5.97 Å². The minimum atomic E-state index is -4.61. The number of carboxylic acid groups (broad SMARTS) is 1. The average Bonchev–Trinajstić information content (AvgIpc) is 3.26. The molecule has 62 heavy (non-hydrogen) atoms. The number of carbonyl (C=O) groups is 1. The summed E-state index contributed by atoms with van der Waals surface area (Å²) in [5.41, 5.74) is 2.14. The Balaban J connectivity index is 1.16. The van der Waals surface area contributed by atoms with Gasteiger partial charge in [-0.2, -0.15) is 18.6 Å². The number of anilines is 2. The highest BCUT2D eigenvalue weighted by atomic mass is 32.2. The molecule has 0 bridgehead atoms. The summed E-state index contributed by atoms with van der Waals surface area (Å²) in [5.74, 6) is -1.79. The lowest BCUT2D eigenvalue weighted by molar-refractivity contribution is -0.432. The van der Waals surface area contributed by atoms with Crippen molar-refractivity contribution in [1.29, 1.82) is 0 Å². The van der Waals surface area contributed by atoms with Gasteiger partial charge in [0.25, 0.3) is 10.1 Å². The van der Waals surface area contributed by atoms with E-state index in [2.05, 4.69) is 54.7 Å². The van der Waals surface area contributed by atoms with E-state index in [9.17, 15) is 33.1 Å². The summed E-state index contributed by atoms with van der Waals surface area (Å²) in [7, 11) is -4.61. The zero-order valence-corrected chi connectivity index (χ0v) is 33.4. The Labute approximate surface area is 357 Å². The maximum Gasteiger partial charge on any atom is 0.335 e. The van der Waals surface area contributed by atoms with Crippen molar-refractivity contribution in [2.45, 2.75) is 14.7 Å². The molecule has 0 fully saturated rings. The van der Waals surface area contributed by atoms with Crippen LogP contribution in [0.3, 0.4) is 0 Å². The van der Waals surface area contributed by atoms with Gasteiger partial charge in [0.15, 0.2) is 5.75 Å². The first-order chi connectivity index (χ1) is 29.9. The van der Waals surface area contributed by atoms with Crippen LogP contribution < -0.4 is 5.32 Å². The fourth-order valence-electron chi connectivity index (χ4n) is 5.76. The van der Waals surface area contributed by atoms with Crippen LogP contribution in [-0.4, -0.2) is 44.8 Å². The highest BCUT2D eigenvalue weighted by molar-refractivity contribution is 7.95. The SMILES string of the molecule is O=C(O)c1ccc(Nc2ccc3cc(SOOO)c(N=Nc4ccc(N=Nc5ccc(N=Nc6cccc(SOOO)c6)c6ccc(S(=O)(=O)O)cc56)cc4O)c(O)c3c2)cc1. The Kier molecular flexibility index (Phi) is 13.4. The fourth-order valence-corrected chi connectivity index (χ4v) is 7.18. The number of azo groups is 3. The molecule has 0 amide bonds. The van der Waals surface area contributed by atoms with Crippen LogP contribution in [0.25, 0.3) is 21.5 Å². The Morgan fingerprint density at radius 1 is 0.613 bits per heavy atom. The van der Waals surface area contributed by atoms with Crippen molar-refractivity contribution in [3.05, 3.63) is 127 Å². The first-order valence-corrected chi connectivity index (χ1v) is 20.2. The number of aromatic carboxylic acids is 1. The number of nitrogens with zero attached hydrogens (tertiary/aromatic N) is 6. The topological polar surface area (TPSA) is 296 Å². The molecule has 23 heteroatoms. The van der Waals surface area contributed by atoms with Gasteiger partial charge in [-0.05, 0) is 102 Å². The van der Waals surface area contributed by atoms with Gasteiger partial charge in [0.2, 0.25) is 0 Å². The lowest BCUT2D eigenvalue weighted by atomic mass is 10.1. The summed E-state index contributed by atoms with van der Waals surface area (Å²) in [6.45, 7) is 0. The molecule has 0 spiro atoms. The van der Waals surface area contributed by atoms with Gasteiger partial charge < -0.3 is 20.6 Å². The lowest BCUT2D eigenvalue weighted by Gasteiger charge is -2.12. The second kappa shape index (κ2) is 19.2. The lowest BCUT2D eigenvalue weighted by Crippen LogP contribution is -1.97. The van der Waals surface area contributed by atoms with Gasteiger partial charge in [0.05, 0.1) is 62.2 Å². The number of hydrogen-bond donors (Lipinski definition) is 7. The highest BCUT2D eigenvalue weighted by Crippen LogP contribution is 2.46. The molecule has 0 radical (unpaired) electrons. The molecule has 7 rings (SSSR count). The zero-order chi connectivity index (χ0) is 43.8. The second-order valence-corrected chi connectivity index (χ2v) is 15.5. The zero-order valence-electron chi connectivity index (χ0n) is 31.0. The number of phenols is 2. The van der Waals surface area contributed by atoms with Crippen LogP contribution in [0.2, 0.25) is 0 Å². The minimum absolute atomic E-state index is 0.0460. The summed E-state index contributed by atoms with van der Waals surface area (Å²) < 4.78 is 42.9. The summed E-state index contributed by atoms with van der Waals surface area (Å²) in [6, 6.07) is 30.3. The van der Waals surface area contributed by atoms with Crippen LogP contribution >= 0.6 is 24.1 Å². The molecule has 0 aliphatic rings. The Hall–Kier alpha value is -6.90. The Morgan fingerprint density at radius 2 is 1.27 bits per heavy atom. The van der Waals surface area contributed by atoms with Crippen molar-refractivity contribution < 1.29 is 62.3 Å². The largest absolute Gasteiger partial charge is 0.506 e. The number of rotatable bonds is 16. The number of carboxylic acids is 1. The van der Waals surface area contributed by atoms with E-state index in [1.54, 1.807) is 66.7 Å². The van der Waals surface area contributed by atoms with E-state index in [4.69, 9.17) is 10.5 Å². The maximum absolute atomic E-state index is 12.0. The standard InChI is InChI=1S/C39H27N7O13S3/c47-35-19-26(42-44-33-15-14-32(29-12-11-28(20-31(29)33)62(53,54)55)43-41-25-2-1-3-27(17-25)60-58-56-51)10-13-34(35)45-46-37-36(61-59-57-52)16-22-6-9-24(18-30(22)38(37)48)40-23-7-4-21(5-8-23)39(49)50/h1-20,40,47-48,51-52H,(H,49,50)(H,53,54,55). The van der Waals surface area contributed by atoms with E-state index >= 15 is 0 Å². The number of nitrogens with one attached hydrogen (secondary N) is 1. The van der Waals surface area contributed by atoms with Crippen molar-refractivity contribution in [2.24, 2.45) is 30.7 Å². The van der Waals surface area contributed by atoms with Gasteiger partial charge in [0.1, 0.15) is 17.1 Å². The minimum Gasteiger partial charge on any atom is -0.506 e. The van der Waals surface area contributed by atoms with Crippen LogP contribution in [-0.2, 0) is 28.9 Å². The smallest absolute Gasteiger partial charge is 0.335 e. The van der Waals surface area contributed by atoms with Gasteiger partial charge in [-0.1, -0.05) is 28.3 Å². The molecular formula is C39H27N7O13S3. The first-order valence-electron chi connectivity index (χ1n) is 17.3. The van der Waals surface area contributed by atoms with Gasteiger partial charge in [-0.15, -0.1) is 29.1 Å². The molecular weight excluding hydrogens is 871 g/mol. The van der Waals surface area contributed by atoms with Gasteiger partial charge in [-0.3, -0.25) is 4.55 Å². The van der Waals surface area contributed by atoms with E-state index in [0.29, 0.717) is 55.8 Å². The molecule has 0 aromatic heterocycles. The number of aromatic hydroxyl groups is 2. The molecule has 0 aliphatic carbocycles. The number of hydrogen-bond acceptors (Lipinski definition) is 20. The van der Waals surface area contributed by atoms with Crippen molar-refractivity contribution in [1.82, 2.24) is 0 Å². The number of fused-ring (bicyclic) bond motifs is 2. The maximum atomic E-state index is 12.0. The Morgan fingerprint density at radius 3 is 1.97 bits per heavy atom. The van der Waals surface area contributed by atoms with Gasteiger partial charge in [0, 0.05) is 38.5 Å². The monoisotopic (exact) mass is 897 g/mol. The van der Waals surface area contributed by atoms with Gasteiger partial charge in [-0.25, -0.2) is 15.3 Å². The first kappa shape index (κ1) is 43.2. The molecule has 0 aliphatic heterocycles. The molecule has 0 unspecified atom stereocenters. The molecule has 0 heterocycles. The molecule has 314 valence electrons. The van der Waals surface area contributed by atoms with Crippen molar-refractivity contribution in [3.8, 4) is 11.5 Å². The predicted molar refractivity (Wildman–Crippen MR) is 224 cm³/mol. The normalized spacial score (nSPS) is 12.0. The number of phenolic OH excluding ortho intramolecular Hbond substituents is 2. The second-order valence-electron chi connectivity index (χ2n) is 12.5. The van der Waals surface area contributed by atoms with E-state index in [-0.39, 0.29) is 50.1 Å². The van der Waals surface area contributed by atoms with Crippen molar-refractivity contribution >= 4 is 107 Å². The molecule has 20 nitrogen and oxygen atoms in total. The summed E-state index contributed by atoms with van der Waals surface area (Å²) in [6.07, 6.45) is 0. The van der Waals surface area contributed by atoms with E-state index < -0.39 is 21.0 Å². The predicted octanol–water partition coefficient (Wildman–Crippen LogP) is 12.2. The molecule has 7 N–H and O–H groups in total. The third-order valence-electron chi connectivity index (χ3n) is 8.61. The fraction of sp³-hybridized carbons (Fsp3) is 0. The quantitative estimate of drug-likeness (QED) is 0.0156. The van der Waals surface area contributed by atoms with Crippen LogP contribution in [0.1, 0.15) is 10.4 Å². The summed E-state index contributed by atoms with van der Waals surface area (Å²) in [4.78, 5) is 11.5. The van der Waals surface area contributed by atoms with E-state index in [1.165, 1.54) is 54.6 Å². The summed E-state index contributed by atoms with van der Waals surface area (Å²) >= 11 is 1.26. The average molecular weight is 898 g/mol. The molecule has 0 saturated heterocycles. The van der Waals surface area contributed by atoms with Crippen molar-refractivity contribution in [2.75, 3.05) is 5.32 Å². The van der Waals surface area contributed by atoms with E-state index in [0.717, 1.165) is 12.0 Å². The molecule has 0 saturated carbocycles. The van der Waals surface area contributed by atoms with Crippen molar-refractivity contribution in [3.63, 3.8) is 0 Å². The van der Waals surface area contributed by atoms with Crippen LogP contribution in [0.5, 0.6) is 11.5 Å². The molecule has 7 aromatic rings. The summed E-state index contributed by atoms with van der Waals surface area (Å²) in [5, 5.41) is 86.0. The van der Waals surface area contributed by atoms with Crippen LogP contribution in [0, 0.1) is 0 Å². The Bertz CT molecular complexity index is 3030. The van der Waals surface area contributed by atoms with Crippen LogP contribution in [0.4, 0.5) is 45.5 Å². The number of benzene rings is 7.